The summed E-state index contributed by atoms with van der Waals surface area (Å²) in [6.07, 6.45) is 0. The first-order valence-corrected chi connectivity index (χ1v) is 6.87. The average molecular weight is 292 g/mol. The number of aromatic nitrogens is 2. The summed E-state index contributed by atoms with van der Waals surface area (Å²) < 4.78 is 4.19. The molecule has 1 heterocycles. The lowest BCUT2D eigenvalue weighted by Gasteiger charge is -2.22. The van der Waals surface area contributed by atoms with Gasteiger partial charge in [-0.25, -0.2) is 4.79 Å². The molecule has 1 aromatic carbocycles. The summed E-state index contributed by atoms with van der Waals surface area (Å²) >= 11 is 1.11. The Balaban J connectivity index is 2.02. The molecule has 0 fully saturated rings. The fourth-order valence-electron chi connectivity index (χ4n) is 1.45. The number of urea groups is 1. The maximum absolute atomic E-state index is 11.7. The third-order valence-corrected chi connectivity index (χ3v) is 3.16. The van der Waals surface area contributed by atoms with Crippen molar-refractivity contribution in [2.75, 3.05) is 11.9 Å². The summed E-state index contributed by atoms with van der Waals surface area (Å²) in [7, 11) is 0. The second kappa shape index (κ2) is 5.98. The number of rotatable bonds is 4. The predicted molar refractivity (Wildman–Crippen MR) is 78.7 cm³/mol. The molecule has 0 saturated carbocycles. The molecule has 0 saturated heterocycles. The average Bonchev–Trinajstić information content (AvgIpc) is 2.87. The first-order valence-electron chi connectivity index (χ1n) is 6.09. The Morgan fingerprint density at radius 1 is 1.35 bits per heavy atom. The van der Waals surface area contributed by atoms with Crippen LogP contribution in [0.1, 0.15) is 13.8 Å². The number of nitrogens with one attached hydrogen (secondary N) is 2. The third kappa shape index (κ3) is 3.75. The fraction of sp³-hybridized carbons (Fsp3) is 0.308. The van der Waals surface area contributed by atoms with Gasteiger partial charge >= 0.3 is 6.03 Å². The smallest absolute Gasteiger partial charge is 0.321 e. The van der Waals surface area contributed by atoms with Crippen LogP contribution in [0.2, 0.25) is 0 Å². The van der Waals surface area contributed by atoms with Gasteiger partial charge in [0.05, 0.1) is 12.1 Å². The van der Waals surface area contributed by atoms with Crippen LogP contribution >= 0.6 is 11.5 Å². The Morgan fingerprint density at radius 3 is 2.70 bits per heavy atom. The first kappa shape index (κ1) is 14.4. The molecular formula is C13H16N4O2S. The van der Waals surface area contributed by atoms with Gasteiger partial charge in [0.15, 0.2) is 5.82 Å². The van der Waals surface area contributed by atoms with E-state index >= 15 is 0 Å². The fourth-order valence-corrected chi connectivity index (χ4v) is 2.04. The highest BCUT2D eigenvalue weighted by atomic mass is 32.1. The van der Waals surface area contributed by atoms with Gasteiger partial charge in [-0.2, -0.15) is 9.36 Å². The molecular weight excluding hydrogens is 276 g/mol. The van der Waals surface area contributed by atoms with Crippen molar-refractivity contribution < 1.29 is 9.90 Å². The van der Waals surface area contributed by atoms with Crippen LogP contribution in [0.4, 0.5) is 9.93 Å². The highest BCUT2D eigenvalue weighted by Crippen LogP contribution is 2.20. The van der Waals surface area contributed by atoms with Crippen LogP contribution in [0.3, 0.4) is 0 Å². The van der Waals surface area contributed by atoms with E-state index in [9.17, 15) is 4.79 Å². The van der Waals surface area contributed by atoms with Crippen LogP contribution in [0.25, 0.3) is 11.4 Å². The second-order valence-electron chi connectivity index (χ2n) is 4.91. The van der Waals surface area contributed by atoms with Crippen molar-refractivity contribution in [3.05, 3.63) is 30.3 Å². The van der Waals surface area contributed by atoms with E-state index in [1.807, 2.05) is 30.3 Å². The molecule has 1 aromatic heterocycles. The summed E-state index contributed by atoms with van der Waals surface area (Å²) in [5, 5.41) is 14.8. The molecule has 2 rings (SSSR count). The maximum atomic E-state index is 11.7. The standard InChI is InChI=1S/C13H16N4O2S/c1-13(2,8-18)16-11(19)15-12-14-10(17-20-12)9-6-4-3-5-7-9/h3-7,18H,8H2,1-2H3,(H2,14,15,16,17,19). The molecule has 20 heavy (non-hydrogen) atoms. The van der Waals surface area contributed by atoms with Crippen LogP contribution in [0, 0.1) is 0 Å². The predicted octanol–water partition coefficient (Wildman–Crippen LogP) is 2.10. The molecule has 0 spiro atoms. The van der Waals surface area contributed by atoms with Gasteiger partial charge in [-0.05, 0) is 13.8 Å². The SMILES string of the molecule is CC(C)(CO)NC(=O)Nc1nc(-c2ccccc2)ns1. The number of benzene rings is 1. The molecule has 0 radical (unpaired) electrons. The molecule has 7 heteroatoms. The Labute approximate surface area is 121 Å². The van der Waals surface area contributed by atoms with Crippen molar-refractivity contribution in [2.24, 2.45) is 0 Å². The van der Waals surface area contributed by atoms with E-state index in [-0.39, 0.29) is 6.61 Å². The normalized spacial score (nSPS) is 11.2. The lowest BCUT2D eigenvalue weighted by molar-refractivity contribution is 0.187. The summed E-state index contributed by atoms with van der Waals surface area (Å²) in [5.74, 6) is 0.576. The van der Waals surface area contributed by atoms with E-state index in [4.69, 9.17) is 5.11 Å². The van der Waals surface area contributed by atoms with Gasteiger partial charge in [-0.15, -0.1) is 0 Å². The number of carbonyl (C=O) groups is 1. The van der Waals surface area contributed by atoms with Gasteiger partial charge in [0.1, 0.15) is 0 Å². The lowest BCUT2D eigenvalue weighted by atomic mass is 10.1. The highest BCUT2D eigenvalue weighted by Gasteiger charge is 2.19. The van der Waals surface area contributed by atoms with Gasteiger partial charge in [0.2, 0.25) is 5.13 Å². The van der Waals surface area contributed by atoms with Crippen molar-refractivity contribution >= 4 is 22.7 Å². The molecule has 3 N–H and O–H groups in total. The zero-order valence-corrected chi connectivity index (χ0v) is 12.1. The molecule has 106 valence electrons. The minimum atomic E-state index is -0.684. The number of hydrogen-bond acceptors (Lipinski definition) is 5. The Bertz CT molecular complexity index is 583. The van der Waals surface area contributed by atoms with E-state index in [0.29, 0.717) is 11.0 Å². The molecule has 0 aliphatic rings. The largest absolute Gasteiger partial charge is 0.394 e. The van der Waals surface area contributed by atoms with Crippen molar-refractivity contribution in [1.29, 1.82) is 0 Å². The molecule has 2 amide bonds. The van der Waals surface area contributed by atoms with Gasteiger partial charge in [-0.1, -0.05) is 30.3 Å². The van der Waals surface area contributed by atoms with Crippen molar-refractivity contribution in [1.82, 2.24) is 14.7 Å². The number of nitrogens with zero attached hydrogens (tertiary/aromatic N) is 2. The molecule has 0 unspecified atom stereocenters. The van der Waals surface area contributed by atoms with Crippen LogP contribution in [0.5, 0.6) is 0 Å². The molecule has 0 bridgehead atoms. The van der Waals surface area contributed by atoms with E-state index in [2.05, 4.69) is 20.0 Å². The van der Waals surface area contributed by atoms with E-state index in [1.165, 1.54) is 0 Å². The van der Waals surface area contributed by atoms with Crippen LogP contribution in [0.15, 0.2) is 30.3 Å². The zero-order chi connectivity index (χ0) is 14.6. The number of aliphatic hydroxyl groups is 1. The van der Waals surface area contributed by atoms with Crippen LogP contribution < -0.4 is 10.6 Å². The Morgan fingerprint density at radius 2 is 2.05 bits per heavy atom. The number of anilines is 1. The quantitative estimate of drug-likeness (QED) is 0.805. The van der Waals surface area contributed by atoms with Gasteiger partial charge < -0.3 is 10.4 Å². The van der Waals surface area contributed by atoms with Crippen molar-refractivity contribution in [2.45, 2.75) is 19.4 Å². The lowest BCUT2D eigenvalue weighted by Crippen LogP contribution is -2.48. The highest BCUT2D eigenvalue weighted by molar-refractivity contribution is 7.10. The maximum Gasteiger partial charge on any atom is 0.321 e. The first-order chi connectivity index (χ1) is 9.50. The molecule has 0 aliphatic carbocycles. The topological polar surface area (TPSA) is 87.1 Å². The molecule has 0 atom stereocenters. The second-order valence-corrected chi connectivity index (χ2v) is 5.66. The molecule has 6 nitrogen and oxygen atoms in total. The van der Waals surface area contributed by atoms with Gasteiger partial charge in [0.25, 0.3) is 0 Å². The number of aliphatic hydroxyl groups excluding tert-OH is 1. The Hall–Kier alpha value is -1.99. The summed E-state index contributed by atoms with van der Waals surface area (Å²) in [6.45, 7) is 3.30. The van der Waals surface area contributed by atoms with E-state index in [1.54, 1.807) is 13.8 Å². The van der Waals surface area contributed by atoms with Crippen molar-refractivity contribution in [3.8, 4) is 11.4 Å². The van der Waals surface area contributed by atoms with Crippen LogP contribution in [-0.4, -0.2) is 32.6 Å². The van der Waals surface area contributed by atoms with E-state index < -0.39 is 11.6 Å². The minimum absolute atomic E-state index is 0.147. The number of carbonyl (C=O) groups excluding carboxylic acids is 1. The number of amides is 2. The monoisotopic (exact) mass is 292 g/mol. The summed E-state index contributed by atoms with van der Waals surface area (Å²) in [5.41, 5.74) is 0.213. The van der Waals surface area contributed by atoms with Crippen molar-refractivity contribution in [3.63, 3.8) is 0 Å². The summed E-state index contributed by atoms with van der Waals surface area (Å²) in [6, 6.07) is 9.11. The minimum Gasteiger partial charge on any atom is -0.394 e. The number of hydrogen-bond donors (Lipinski definition) is 3. The summed E-state index contributed by atoms with van der Waals surface area (Å²) in [4.78, 5) is 16.0. The molecule has 2 aromatic rings. The molecule has 0 aliphatic heterocycles. The Kier molecular flexibility index (Phi) is 4.31. The van der Waals surface area contributed by atoms with Crippen LogP contribution in [-0.2, 0) is 0 Å². The van der Waals surface area contributed by atoms with Gasteiger partial charge in [0, 0.05) is 17.1 Å². The van der Waals surface area contributed by atoms with E-state index in [0.717, 1.165) is 17.1 Å². The third-order valence-electron chi connectivity index (χ3n) is 2.53. The van der Waals surface area contributed by atoms with Gasteiger partial charge in [-0.3, -0.25) is 5.32 Å². The zero-order valence-electron chi connectivity index (χ0n) is 11.3.